The minimum Gasteiger partial charge on any atom is -0.449 e. The molecule has 0 radical (unpaired) electrons. The van der Waals surface area contributed by atoms with Gasteiger partial charge in [0.05, 0.1) is 10.5 Å². The molecule has 7 nitrogen and oxygen atoms in total. The number of nitrogens with one attached hydrogen (secondary N) is 2. The molecule has 2 aromatic carbocycles. The molecule has 1 fully saturated rings. The smallest absolute Gasteiger partial charge is 0.338 e. The van der Waals surface area contributed by atoms with E-state index >= 15 is 0 Å². The molecule has 3 rings (SSSR count). The maximum absolute atomic E-state index is 12.8. The molecule has 0 bridgehead atoms. The molecule has 0 saturated heterocycles. The predicted molar refractivity (Wildman–Crippen MR) is 109 cm³/mol. The number of ether oxygens (including phenoxy) is 1. The molecule has 0 heterocycles. The van der Waals surface area contributed by atoms with Crippen molar-refractivity contribution in [3.8, 4) is 0 Å². The first kappa shape index (κ1) is 20.9. The Hall–Kier alpha value is -2.87. The SMILES string of the molecule is Cc1ccc(C)c(S(=O)(=O)Nc2cccc(C(=O)O[C@H](C)C(=O)NC3CC3)c2)c1. The summed E-state index contributed by atoms with van der Waals surface area (Å²) in [4.78, 5) is 24.5. The van der Waals surface area contributed by atoms with Gasteiger partial charge in [-0.1, -0.05) is 18.2 Å². The first-order chi connectivity index (χ1) is 13.7. The predicted octanol–water partition coefficient (Wildman–Crippen LogP) is 2.93. The number of hydrogen-bond donors (Lipinski definition) is 2. The zero-order chi connectivity index (χ0) is 21.2. The van der Waals surface area contributed by atoms with Crippen LogP contribution in [0, 0.1) is 13.8 Å². The normalized spacial score (nSPS) is 14.7. The van der Waals surface area contributed by atoms with Crippen molar-refractivity contribution in [1.29, 1.82) is 0 Å². The number of anilines is 1. The highest BCUT2D eigenvalue weighted by Crippen LogP contribution is 2.22. The van der Waals surface area contributed by atoms with Crippen LogP contribution in [-0.4, -0.2) is 32.4 Å². The third-order valence-electron chi connectivity index (χ3n) is 4.56. The molecule has 0 aromatic heterocycles. The maximum Gasteiger partial charge on any atom is 0.338 e. The molecule has 1 saturated carbocycles. The Labute approximate surface area is 170 Å². The number of hydrogen-bond acceptors (Lipinski definition) is 5. The number of benzene rings is 2. The van der Waals surface area contributed by atoms with Crippen LogP contribution >= 0.6 is 0 Å². The fourth-order valence-electron chi connectivity index (χ4n) is 2.74. The molecule has 0 spiro atoms. The summed E-state index contributed by atoms with van der Waals surface area (Å²) < 4.78 is 33.2. The van der Waals surface area contributed by atoms with Gasteiger partial charge in [0.2, 0.25) is 0 Å². The first-order valence-electron chi connectivity index (χ1n) is 9.37. The van der Waals surface area contributed by atoms with Crippen LogP contribution in [0.1, 0.15) is 41.3 Å². The Morgan fingerprint density at radius 1 is 1.10 bits per heavy atom. The number of carbonyl (C=O) groups is 2. The highest BCUT2D eigenvalue weighted by Gasteiger charge is 2.27. The highest BCUT2D eigenvalue weighted by molar-refractivity contribution is 7.92. The average Bonchev–Trinajstić information content (AvgIpc) is 3.47. The van der Waals surface area contributed by atoms with Crippen LogP contribution in [0.15, 0.2) is 47.4 Å². The first-order valence-corrected chi connectivity index (χ1v) is 10.9. The maximum atomic E-state index is 12.8. The molecule has 154 valence electrons. The minimum absolute atomic E-state index is 0.150. The fourth-order valence-corrected chi connectivity index (χ4v) is 4.13. The monoisotopic (exact) mass is 416 g/mol. The Morgan fingerprint density at radius 3 is 2.52 bits per heavy atom. The standard InChI is InChI=1S/C21H24N2O5S/c1-13-7-8-14(2)19(11-13)29(26,27)23-18-6-4-5-16(12-18)21(25)28-15(3)20(24)22-17-9-10-17/h4-8,11-12,15,17,23H,9-10H2,1-3H3,(H,22,24)/t15-/m1/s1. The zero-order valence-electron chi connectivity index (χ0n) is 16.6. The molecule has 0 unspecified atom stereocenters. The van der Waals surface area contributed by atoms with Gasteiger partial charge < -0.3 is 10.1 Å². The molecule has 0 aliphatic heterocycles. The van der Waals surface area contributed by atoms with E-state index in [1.807, 2.05) is 13.0 Å². The molecular weight excluding hydrogens is 392 g/mol. The molecule has 2 N–H and O–H groups in total. The molecule has 8 heteroatoms. The van der Waals surface area contributed by atoms with Crippen molar-refractivity contribution in [2.75, 3.05) is 4.72 Å². The van der Waals surface area contributed by atoms with Crippen molar-refractivity contribution in [1.82, 2.24) is 5.32 Å². The van der Waals surface area contributed by atoms with Crippen molar-refractivity contribution in [3.05, 3.63) is 59.2 Å². The van der Waals surface area contributed by atoms with Gasteiger partial charge in [0.1, 0.15) is 0 Å². The summed E-state index contributed by atoms with van der Waals surface area (Å²) in [7, 11) is -3.82. The van der Waals surface area contributed by atoms with Gasteiger partial charge in [0.15, 0.2) is 6.10 Å². The lowest BCUT2D eigenvalue weighted by Gasteiger charge is -2.14. The summed E-state index contributed by atoms with van der Waals surface area (Å²) in [5.41, 5.74) is 1.83. The quantitative estimate of drug-likeness (QED) is 0.676. The zero-order valence-corrected chi connectivity index (χ0v) is 17.4. The number of sulfonamides is 1. The van der Waals surface area contributed by atoms with Crippen molar-refractivity contribution in [2.24, 2.45) is 0 Å². The largest absolute Gasteiger partial charge is 0.449 e. The Kier molecular flexibility index (Phi) is 5.93. The second-order valence-electron chi connectivity index (χ2n) is 7.29. The van der Waals surface area contributed by atoms with Crippen LogP contribution in [0.25, 0.3) is 0 Å². The topological polar surface area (TPSA) is 102 Å². The van der Waals surface area contributed by atoms with E-state index in [-0.39, 0.29) is 28.1 Å². The van der Waals surface area contributed by atoms with Crippen LogP contribution < -0.4 is 10.0 Å². The van der Waals surface area contributed by atoms with Crippen LogP contribution in [0.3, 0.4) is 0 Å². The molecule has 1 atom stereocenters. The summed E-state index contributed by atoms with van der Waals surface area (Å²) >= 11 is 0. The van der Waals surface area contributed by atoms with E-state index in [9.17, 15) is 18.0 Å². The van der Waals surface area contributed by atoms with Gasteiger partial charge in [0.25, 0.3) is 15.9 Å². The van der Waals surface area contributed by atoms with E-state index in [0.717, 1.165) is 18.4 Å². The van der Waals surface area contributed by atoms with Crippen LogP contribution in [0.4, 0.5) is 5.69 Å². The van der Waals surface area contributed by atoms with Gasteiger partial charge in [0, 0.05) is 11.7 Å². The second kappa shape index (κ2) is 8.24. The van der Waals surface area contributed by atoms with Crippen molar-refractivity contribution in [2.45, 2.75) is 50.7 Å². The molecule has 1 aliphatic carbocycles. The highest BCUT2D eigenvalue weighted by atomic mass is 32.2. The summed E-state index contributed by atoms with van der Waals surface area (Å²) in [6.45, 7) is 5.04. The van der Waals surface area contributed by atoms with E-state index in [1.54, 1.807) is 31.2 Å². The number of carbonyl (C=O) groups excluding carboxylic acids is 2. The molecular formula is C21H24N2O5S. The Morgan fingerprint density at radius 2 is 1.83 bits per heavy atom. The van der Waals surface area contributed by atoms with Crippen LogP contribution in [0.5, 0.6) is 0 Å². The van der Waals surface area contributed by atoms with Crippen molar-refractivity contribution >= 4 is 27.6 Å². The third kappa shape index (κ3) is 5.35. The number of amides is 1. The molecule has 1 amide bonds. The van der Waals surface area contributed by atoms with Gasteiger partial charge in [-0.15, -0.1) is 0 Å². The van der Waals surface area contributed by atoms with E-state index in [2.05, 4.69) is 10.0 Å². The minimum atomic E-state index is -3.82. The van der Waals surface area contributed by atoms with Gasteiger partial charge in [-0.25, -0.2) is 13.2 Å². The lowest BCUT2D eigenvalue weighted by Crippen LogP contribution is -2.37. The van der Waals surface area contributed by atoms with Gasteiger partial charge in [-0.05, 0) is 69.0 Å². The Bertz CT molecular complexity index is 1040. The third-order valence-corrected chi connectivity index (χ3v) is 6.08. The van der Waals surface area contributed by atoms with Crippen molar-refractivity contribution < 1.29 is 22.7 Å². The van der Waals surface area contributed by atoms with Gasteiger partial charge in [-0.3, -0.25) is 9.52 Å². The molecule has 29 heavy (non-hydrogen) atoms. The summed E-state index contributed by atoms with van der Waals surface area (Å²) in [5, 5.41) is 2.77. The second-order valence-corrected chi connectivity index (χ2v) is 8.94. The Balaban J connectivity index is 1.72. The van der Waals surface area contributed by atoms with Gasteiger partial charge >= 0.3 is 5.97 Å². The van der Waals surface area contributed by atoms with Crippen LogP contribution in [-0.2, 0) is 19.6 Å². The number of rotatable bonds is 7. The summed E-state index contributed by atoms with van der Waals surface area (Å²) in [6, 6.07) is 11.3. The number of esters is 1. The van der Waals surface area contributed by atoms with E-state index in [1.165, 1.54) is 19.1 Å². The lowest BCUT2D eigenvalue weighted by atomic mass is 10.2. The molecule has 2 aromatic rings. The lowest BCUT2D eigenvalue weighted by molar-refractivity contribution is -0.129. The van der Waals surface area contributed by atoms with E-state index < -0.39 is 22.1 Å². The van der Waals surface area contributed by atoms with Crippen LogP contribution in [0.2, 0.25) is 0 Å². The van der Waals surface area contributed by atoms with Crippen molar-refractivity contribution in [3.63, 3.8) is 0 Å². The van der Waals surface area contributed by atoms with Gasteiger partial charge in [-0.2, -0.15) is 0 Å². The fraction of sp³-hybridized carbons (Fsp3) is 0.333. The summed E-state index contributed by atoms with van der Waals surface area (Å²) in [5.74, 6) is -1.04. The van der Waals surface area contributed by atoms with E-state index in [4.69, 9.17) is 4.74 Å². The average molecular weight is 416 g/mol. The number of aryl methyl sites for hydroxylation is 2. The summed E-state index contributed by atoms with van der Waals surface area (Å²) in [6.07, 6.45) is 0.947. The molecule has 1 aliphatic rings. The van der Waals surface area contributed by atoms with E-state index in [0.29, 0.717) is 5.56 Å².